The average molecular weight is 494 g/mol. The van der Waals surface area contributed by atoms with E-state index in [1.807, 2.05) is 6.92 Å². The van der Waals surface area contributed by atoms with E-state index in [1.54, 1.807) is 18.2 Å². The lowest BCUT2D eigenvalue weighted by Gasteiger charge is -2.23. The normalized spacial score (nSPS) is 19.8. The van der Waals surface area contributed by atoms with Crippen LogP contribution >= 0.6 is 11.3 Å². The second-order valence-electron chi connectivity index (χ2n) is 8.80. The zero-order chi connectivity index (χ0) is 23.6. The number of aryl methyl sites for hydroxylation is 1. The van der Waals surface area contributed by atoms with E-state index in [1.165, 1.54) is 35.6 Å². The van der Waals surface area contributed by atoms with Gasteiger partial charge >= 0.3 is 0 Å². The maximum absolute atomic E-state index is 13.4. The van der Waals surface area contributed by atoms with E-state index in [0.29, 0.717) is 42.4 Å². The smallest absolute Gasteiger partial charge is 0.247 e. The van der Waals surface area contributed by atoms with Crippen LogP contribution in [0.2, 0.25) is 0 Å². The van der Waals surface area contributed by atoms with Gasteiger partial charge in [0.1, 0.15) is 10.6 Å². The van der Waals surface area contributed by atoms with Gasteiger partial charge < -0.3 is 15.2 Å². The van der Waals surface area contributed by atoms with Gasteiger partial charge in [0.2, 0.25) is 15.9 Å². The van der Waals surface area contributed by atoms with E-state index in [0.717, 1.165) is 23.4 Å². The molecule has 2 aromatic rings. The number of nitrogens with one attached hydrogen (secondary N) is 1. The molecule has 1 atom stereocenters. The molecule has 4 rings (SSSR count). The maximum atomic E-state index is 13.4. The minimum absolute atomic E-state index is 0.0238. The van der Waals surface area contributed by atoms with Gasteiger partial charge in [0.15, 0.2) is 5.13 Å². The number of nitrogens with zero attached hydrogens (tertiary/aromatic N) is 2. The number of sulfonamides is 1. The number of carbonyl (C=O) groups is 1. The highest BCUT2D eigenvalue weighted by molar-refractivity contribution is 7.89. The van der Waals surface area contributed by atoms with Crippen molar-refractivity contribution in [2.45, 2.75) is 62.8 Å². The van der Waals surface area contributed by atoms with Gasteiger partial charge in [-0.1, -0.05) is 24.2 Å². The number of amides is 1. The number of anilines is 1. The third-order valence-electron chi connectivity index (χ3n) is 6.54. The summed E-state index contributed by atoms with van der Waals surface area (Å²) in [6, 6.07) is 4.63. The Morgan fingerprint density at radius 3 is 2.73 bits per heavy atom. The van der Waals surface area contributed by atoms with Crippen LogP contribution in [0.3, 0.4) is 0 Å². The molecule has 2 N–H and O–H groups in total. The number of hydrogen-bond acceptors (Lipinski definition) is 7. The lowest BCUT2D eigenvalue weighted by molar-refractivity contribution is -0.117. The molecule has 2 aliphatic rings. The molecule has 2 fully saturated rings. The Bertz CT molecular complexity index is 1110. The summed E-state index contributed by atoms with van der Waals surface area (Å²) < 4.78 is 33.6. The van der Waals surface area contributed by atoms with Gasteiger partial charge in [-0.15, -0.1) is 0 Å². The minimum Gasteiger partial charge on any atom is -0.495 e. The van der Waals surface area contributed by atoms with Crippen LogP contribution in [0.4, 0.5) is 5.13 Å². The summed E-state index contributed by atoms with van der Waals surface area (Å²) >= 11 is 1.34. The second kappa shape index (κ2) is 10.1. The summed E-state index contributed by atoms with van der Waals surface area (Å²) in [6.07, 6.45) is 6.45. The summed E-state index contributed by atoms with van der Waals surface area (Å²) in [7, 11) is -2.41. The van der Waals surface area contributed by atoms with Crippen molar-refractivity contribution in [1.29, 1.82) is 0 Å². The minimum atomic E-state index is -3.85. The van der Waals surface area contributed by atoms with Gasteiger partial charge in [0.05, 0.1) is 24.3 Å². The van der Waals surface area contributed by atoms with Crippen molar-refractivity contribution in [3.63, 3.8) is 0 Å². The van der Waals surface area contributed by atoms with Gasteiger partial charge in [-0.3, -0.25) is 4.79 Å². The molecule has 0 spiro atoms. The number of aliphatic hydroxyl groups is 1. The molecule has 33 heavy (non-hydrogen) atoms. The molecule has 1 saturated carbocycles. The number of aromatic nitrogens is 1. The van der Waals surface area contributed by atoms with Gasteiger partial charge in [-0.05, 0) is 62.3 Å². The number of aliphatic hydroxyl groups excluding tert-OH is 1. The molecule has 1 aromatic carbocycles. The summed E-state index contributed by atoms with van der Waals surface area (Å²) in [5, 5.41) is 13.1. The zero-order valence-electron chi connectivity index (χ0n) is 19.0. The van der Waals surface area contributed by atoms with Crippen LogP contribution in [0, 0.1) is 12.8 Å². The van der Waals surface area contributed by atoms with Crippen molar-refractivity contribution < 1.29 is 23.1 Å². The predicted molar refractivity (Wildman–Crippen MR) is 128 cm³/mol. The number of rotatable bonds is 8. The standard InChI is InChI=1S/C23H31N3O5S2/c1-15-22(32-23(24-15)25-21(28)12-16-6-3-4-7-16)17-9-10-19(31-2)20(13-17)33(29,30)26-11-5-8-18(26)14-27/h9-10,13,16,18,27H,3-8,11-12,14H2,1-2H3,(H,24,25,28)/t18-/m0/s1. The van der Waals surface area contributed by atoms with Crippen LogP contribution in [-0.4, -0.2) is 55.0 Å². The third kappa shape index (κ3) is 5.08. The number of hydrogen-bond donors (Lipinski definition) is 2. The molecule has 1 saturated heterocycles. The lowest BCUT2D eigenvalue weighted by atomic mass is 10.0. The highest BCUT2D eigenvalue weighted by Gasteiger charge is 2.36. The topological polar surface area (TPSA) is 109 Å². The number of methoxy groups -OCH3 is 1. The first kappa shape index (κ1) is 24.1. The molecule has 1 aromatic heterocycles. The van der Waals surface area contributed by atoms with Crippen molar-refractivity contribution >= 4 is 32.4 Å². The fourth-order valence-corrected chi connectivity index (χ4v) is 7.67. The SMILES string of the molecule is COc1ccc(-c2sc(NC(=O)CC3CCCC3)nc2C)cc1S(=O)(=O)N1CCC[C@H]1CO. The molecule has 0 radical (unpaired) electrons. The predicted octanol–water partition coefficient (Wildman–Crippen LogP) is 3.79. The van der Waals surface area contributed by atoms with Gasteiger partial charge in [-0.2, -0.15) is 4.31 Å². The first-order valence-electron chi connectivity index (χ1n) is 11.4. The van der Waals surface area contributed by atoms with E-state index in [4.69, 9.17) is 4.74 Å². The summed E-state index contributed by atoms with van der Waals surface area (Å²) in [5.41, 5.74) is 1.42. The molecule has 10 heteroatoms. The Balaban J connectivity index is 1.60. The molecule has 0 unspecified atom stereocenters. The maximum Gasteiger partial charge on any atom is 0.247 e. The Kier molecular flexibility index (Phi) is 7.37. The Morgan fingerprint density at radius 1 is 1.27 bits per heavy atom. The summed E-state index contributed by atoms with van der Waals surface area (Å²) in [6.45, 7) is 2.01. The van der Waals surface area contributed by atoms with E-state index in [-0.39, 0.29) is 23.2 Å². The number of thiazole rings is 1. The molecular formula is C23H31N3O5S2. The Morgan fingerprint density at radius 2 is 2.03 bits per heavy atom. The largest absolute Gasteiger partial charge is 0.495 e. The summed E-state index contributed by atoms with van der Waals surface area (Å²) in [5.74, 6) is 0.687. The van der Waals surface area contributed by atoms with Crippen LogP contribution in [0.5, 0.6) is 5.75 Å². The molecule has 1 aliphatic heterocycles. The van der Waals surface area contributed by atoms with Gasteiger partial charge in [0, 0.05) is 19.0 Å². The quantitative estimate of drug-likeness (QED) is 0.579. The first-order chi connectivity index (χ1) is 15.8. The molecule has 0 bridgehead atoms. The van der Waals surface area contributed by atoms with Crippen molar-refractivity contribution in [3.05, 3.63) is 23.9 Å². The Labute approximate surface area is 199 Å². The third-order valence-corrected chi connectivity index (χ3v) is 9.63. The van der Waals surface area contributed by atoms with E-state index in [9.17, 15) is 18.3 Å². The molecular weight excluding hydrogens is 462 g/mol. The fourth-order valence-electron chi connectivity index (χ4n) is 4.82. The van der Waals surface area contributed by atoms with E-state index >= 15 is 0 Å². The van der Waals surface area contributed by atoms with Gasteiger partial charge in [-0.25, -0.2) is 13.4 Å². The monoisotopic (exact) mass is 493 g/mol. The van der Waals surface area contributed by atoms with Crippen molar-refractivity contribution in [2.75, 3.05) is 25.6 Å². The molecule has 2 heterocycles. The first-order valence-corrected chi connectivity index (χ1v) is 13.7. The number of carbonyl (C=O) groups excluding carboxylic acids is 1. The van der Waals surface area contributed by atoms with E-state index in [2.05, 4.69) is 10.3 Å². The van der Waals surface area contributed by atoms with Crippen molar-refractivity contribution in [2.24, 2.45) is 5.92 Å². The second-order valence-corrected chi connectivity index (χ2v) is 11.7. The Hall–Kier alpha value is -2.01. The van der Waals surface area contributed by atoms with Crippen LogP contribution in [0.15, 0.2) is 23.1 Å². The highest BCUT2D eigenvalue weighted by atomic mass is 32.2. The molecule has 1 aliphatic carbocycles. The molecule has 1 amide bonds. The lowest BCUT2D eigenvalue weighted by Crippen LogP contribution is -2.37. The van der Waals surface area contributed by atoms with Crippen LogP contribution in [0.1, 0.15) is 50.6 Å². The van der Waals surface area contributed by atoms with Crippen LogP contribution < -0.4 is 10.1 Å². The average Bonchev–Trinajstić information content (AvgIpc) is 3.54. The van der Waals surface area contributed by atoms with Gasteiger partial charge in [0.25, 0.3) is 0 Å². The molecule has 8 nitrogen and oxygen atoms in total. The van der Waals surface area contributed by atoms with Crippen molar-refractivity contribution in [1.82, 2.24) is 9.29 Å². The number of ether oxygens (including phenoxy) is 1. The fraction of sp³-hybridized carbons (Fsp3) is 0.565. The molecule has 180 valence electrons. The summed E-state index contributed by atoms with van der Waals surface area (Å²) in [4.78, 5) is 17.8. The van der Waals surface area contributed by atoms with Crippen LogP contribution in [0.25, 0.3) is 10.4 Å². The van der Waals surface area contributed by atoms with Crippen molar-refractivity contribution in [3.8, 4) is 16.2 Å². The van der Waals surface area contributed by atoms with E-state index < -0.39 is 16.1 Å². The highest BCUT2D eigenvalue weighted by Crippen LogP contribution is 2.38. The number of benzene rings is 1. The van der Waals surface area contributed by atoms with Crippen LogP contribution in [-0.2, 0) is 14.8 Å². The zero-order valence-corrected chi connectivity index (χ0v) is 20.7.